The normalized spacial score (nSPS) is 10.7. The molecule has 0 aromatic heterocycles. The Balaban J connectivity index is 2.75. The van der Waals surface area contributed by atoms with E-state index in [1.54, 1.807) is 6.26 Å². The molecule has 84 valence electrons. The minimum atomic E-state index is -0.467. The number of hydrogen-bond donors (Lipinski definition) is 1. The second-order valence-corrected chi connectivity index (χ2v) is 4.15. The summed E-state index contributed by atoms with van der Waals surface area (Å²) in [5.41, 5.74) is 6.05. The van der Waals surface area contributed by atoms with Gasteiger partial charge >= 0.3 is 0 Å². The Morgan fingerprint density at radius 2 is 1.80 bits per heavy atom. The van der Waals surface area contributed by atoms with E-state index in [9.17, 15) is 8.78 Å². The number of aryl methyl sites for hydroxylation is 1. The molecule has 4 heteroatoms. The highest BCUT2D eigenvalue weighted by molar-refractivity contribution is 7.98. The molecule has 0 saturated heterocycles. The second-order valence-electron chi connectivity index (χ2n) is 3.34. The molecule has 0 heterocycles. The molecule has 0 bridgehead atoms. The topological polar surface area (TPSA) is 26.0 Å². The average Bonchev–Trinajstić information content (AvgIpc) is 2.18. The highest BCUT2D eigenvalue weighted by Crippen LogP contribution is 2.24. The fourth-order valence-electron chi connectivity index (χ4n) is 1.43. The van der Waals surface area contributed by atoms with E-state index in [1.165, 1.54) is 12.1 Å². The maximum absolute atomic E-state index is 13.3. The van der Waals surface area contributed by atoms with Crippen molar-refractivity contribution in [2.75, 3.05) is 12.8 Å². The van der Waals surface area contributed by atoms with Crippen LogP contribution in [0.3, 0.4) is 0 Å². The van der Waals surface area contributed by atoms with Crippen LogP contribution in [0.4, 0.5) is 8.78 Å². The van der Waals surface area contributed by atoms with Crippen molar-refractivity contribution in [3.63, 3.8) is 0 Å². The van der Waals surface area contributed by atoms with Gasteiger partial charge in [0.15, 0.2) is 0 Å². The molecule has 0 aliphatic rings. The molecule has 1 nitrogen and oxygen atoms in total. The third kappa shape index (κ3) is 3.47. The molecular weight excluding hydrogens is 216 g/mol. The van der Waals surface area contributed by atoms with Gasteiger partial charge in [0, 0.05) is 0 Å². The van der Waals surface area contributed by atoms with Crippen LogP contribution < -0.4 is 5.73 Å². The number of unbranched alkanes of at least 4 members (excludes halogenated alkanes) is 1. The number of nitrogens with two attached hydrogens (primary N) is 1. The van der Waals surface area contributed by atoms with Crippen LogP contribution in [0.15, 0.2) is 17.0 Å². The third-order valence-corrected chi connectivity index (χ3v) is 2.98. The number of thioether (sulfide) groups is 1. The molecular formula is C11H15F2NS. The van der Waals surface area contributed by atoms with Crippen molar-refractivity contribution >= 4 is 11.8 Å². The molecule has 0 spiro atoms. The maximum atomic E-state index is 13.3. The summed E-state index contributed by atoms with van der Waals surface area (Å²) in [6.45, 7) is 0.619. The molecule has 0 aliphatic heterocycles. The zero-order valence-corrected chi connectivity index (χ0v) is 9.54. The van der Waals surface area contributed by atoms with Crippen LogP contribution in [0.5, 0.6) is 0 Å². The fraction of sp³-hybridized carbons (Fsp3) is 0.455. The zero-order chi connectivity index (χ0) is 11.3. The summed E-state index contributed by atoms with van der Waals surface area (Å²) >= 11 is 1.09. The van der Waals surface area contributed by atoms with Crippen molar-refractivity contribution in [3.8, 4) is 0 Å². The van der Waals surface area contributed by atoms with Crippen LogP contribution in [0.2, 0.25) is 0 Å². The van der Waals surface area contributed by atoms with Crippen molar-refractivity contribution in [1.82, 2.24) is 0 Å². The number of benzene rings is 1. The van der Waals surface area contributed by atoms with Gasteiger partial charge in [-0.25, -0.2) is 8.78 Å². The lowest BCUT2D eigenvalue weighted by atomic mass is 10.1. The van der Waals surface area contributed by atoms with Crippen molar-refractivity contribution < 1.29 is 8.78 Å². The van der Waals surface area contributed by atoms with Crippen LogP contribution in [-0.4, -0.2) is 12.8 Å². The molecule has 1 aromatic rings. The van der Waals surface area contributed by atoms with Gasteiger partial charge in [-0.15, -0.1) is 11.8 Å². The molecule has 0 radical (unpaired) electrons. The van der Waals surface area contributed by atoms with Crippen LogP contribution in [0.25, 0.3) is 0 Å². The summed E-state index contributed by atoms with van der Waals surface area (Å²) in [5, 5.41) is 0. The van der Waals surface area contributed by atoms with E-state index in [0.717, 1.165) is 24.6 Å². The van der Waals surface area contributed by atoms with Crippen molar-refractivity contribution in [1.29, 1.82) is 0 Å². The van der Waals surface area contributed by atoms with Gasteiger partial charge in [-0.2, -0.15) is 0 Å². The van der Waals surface area contributed by atoms with E-state index in [1.807, 2.05) is 0 Å². The number of halogens is 2. The molecule has 2 N–H and O–H groups in total. The van der Waals surface area contributed by atoms with Crippen LogP contribution >= 0.6 is 11.8 Å². The smallest absolute Gasteiger partial charge is 0.139 e. The zero-order valence-electron chi connectivity index (χ0n) is 8.72. The summed E-state index contributed by atoms with van der Waals surface area (Å²) in [7, 11) is 0. The van der Waals surface area contributed by atoms with E-state index in [2.05, 4.69) is 0 Å². The van der Waals surface area contributed by atoms with E-state index in [4.69, 9.17) is 5.73 Å². The predicted octanol–water partition coefficient (Wildman–Crippen LogP) is 2.97. The Bertz CT molecular complexity index is 305. The summed E-state index contributed by atoms with van der Waals surface area (Å²) < 4.78 is 26.7. The third-order valence-electron chi connectivity index (χ3n) is 2.18. The second kappa shape index (κ2) is 6.08. The van der Waals surface area contributed by atoms with Gasteiger partial charge in [0.2, 0.25) is 0 Å². The standard InChI is InChI=1S/C11H15F2NS/c1-15-11-9(12)6-8(7-10(11)13)4-2-3-5-14/h6-7H,2-5,14H2,1H3. The first-order chi connectivity index (χ1) is 7.19. The molecule has 0 saturated carbocycles. The van der Waals surface area contributed by atoms with Gasteiger partial charge in [0.05, 0.1) is 4.90 Å². The first-order valence-electron chi connectivity index (χ1n) is 4.91. The summed E-state index contributed by atoms with van der Waals surface area (Å²) in [4.78, 5) is 0.0950. The lowest BCUT2D eigenvalue weighted by Gasteiger charge is -2.05. The Morgan fingerprint density at radius 3 is 2.27 bits per heavy atom. The largest absolute Gasteiger partial charge is 0.330 e. The minimum Gasteiger partial charge on any atom is -0.330 e. The van der Waals surface area contributed by atoms with Crippen LogP contribution in [-0.2, 0) is 6.42 Å². The molecule has 0 amide bonds. The first kappa shape index (κ1) is 12.5. The quantitative estimate of drug-likeness (QED) is 0.623. The maximum Gasteiger partial charge on any atom is 0.139 e. The van der Waals surface area contributed by atoms with Gasteiger partial charge in [0.1, 0.15) is 11.6 Å². The monoisotopic (exact) mass is 231 g/mol. The number of hydrogen-bond acceptors (Lipinski definition) is 2. The van der Waals surface area contributed by atoms with Gasteiger partial charge in [-0.05, 0) is 49.8 Å². The first-order valence-corrected chi connectivity index (χ1v) is 6.13. The molecule has 0 fully saturated rings. The molecule has 0 aliphatic carbocycles. The van der Waals surface area contributed by atoms with E-state index in [-0.39, 0.29) is 4.90 Å². The van der Waals surface area contributed by atoms with Gasteiger partial charge in [0.25, 0.3) is 0 Å². The molecule has 0 unspecified atom stereocenters. The highest BCUT2D eigenvalue weighted by atomic mass is 32.2. The average molecular weight is 231 g/mol. The van der Waals surface area contributed by atoms with E-state index in [0.29, 0.717) is 18.5 Å². The Kier molecular flexibility index (Phi) is 5.05. The lowest BCUT2D eigenvalue weighted by Crippen LogP contribution is -2.00. The Morgan fingerprint density at radius 1 is 1.20 bits per heavy atom. The molecule has 1 rings (SSSR count). The van der Waals surface area contributed by atoms with Crippen molar-refractivity contribution in [2.45, 2.75) is 24.2 Å². The highest BCUT2D eigenvalue weighted by Gasteiger charge is 2.09. The summed E-state index contributed by atoms with van der Waals surface area (Å²) in [6, 6.07) is 2.82. The summed E-state index contributed by atoms with van der Waals surface area (Å²) in [5.74, 6) is -0.935. The van der Waals surface area contributed by atoms with Gasteiger partial charge in [-0.1, -0.05) is 0 Å². The molecule has 1 aromatic carbocycles. The van der Waals surface area contributed by atoms with Gasteiger partial charge in [-0.3, -0.25) is 0 Å². The minimum absolute atomic E-state index is 0.0950. The molecule has 0 atom stereocenters. The van der Waals surface area contributed by atoms with E-state index < -0.39 is 11.6 Å². The van der Waals surface area contributed by atoms with Crippen LogP contribution in [0.1, 0.15) is 18.4 Å². The number of rotatable bonds is 5. The Hall–Kier alpha value is -0.610. The predicted molar refractivity (Wildman–Crippen MR) is 60.1 cm³/mol. The van der Waals surface area contributed by atoms with Crippen molar-refractivity contribution in [2.24, 2.45) is 5.73 Å². The molecule has 15 heavy (non-hydrogen) atoms. The summed E-state index contributed by atoms with van der Waals surface area (Å²) in [6.07, 6.45) is 4.09. The Labute approximate surface area is 93.1 Å². The van der Waals surface area contributed by atoms with E-state index >= 15 is 0 Å². The fourth-order valence-corrected chi connectivity index (χ4v) is 1.93. The van der Waals surface area contributed by atoms with Gasteiger partial charge < -0.3 is 5.73 Å². The SMILES string of the molecule is CSc1c(F)cc(CCCCN)cc1F. The lowest BCUT2D eigenvalue weighted by molar-refractivity contribution is 0.536. The van der Waals surface area contributed by atoms with Crippen molar-refractivity contribution in [3.05, 3.63) is 29.3 Å². The van der Waals surface area contributed by atoms with Crippen LogP contribution in [0, 0.1) is 11.6 Å².